The Bertz CT molecular complexity index is 556. The maximum absolute atomic E-state index is 12.1. The van der Waals surface area contributed by atoms with Crippen LogP contribution in [-0.4, -0.2) is 41.4 Å². The zero-order valence-electron chi connectivity index (χ0n) is 14.3. The number of ether oxygens (including phenoxy) is 1. The Morgan fingerprint density at radius 3 is 2.00 bits per heavy atom. The molecule has 1 N–H and O–H groups in total. The van der Waals surface area contributed by atoms with Crippen molar-refractivity contribution in [1.29, 1.82) is 0 Å². The van der Waals surface area contributed by atoms with Crippen LogP contribution in [0.4, 0.5) is 5.69 Å². The molecular formula is C17H24N2O4. The molecule has 2 amide bonds. The molecule has 0 aliphatic heterocycles. The third-order valence-corrected chi connectivity index (χ3v) is 3.17. The first-order valence-electron chi connectivity index (χ1n) is 7.58. The van der Waals surface area contributed by atoms with Crippen molar-refractivity contribution in [1.82, 2.24) is 4.90 Å². The molecule has 1 aromatic rings. The van der Waals surface area contributed by atoms with E-state index >= 15 is 0 Å². The van der Waals surface area contributed by atoms with Gasteiger partial charge in [0.15, 0.2) is 6.61 Å². The zero-order chi connectivity index (χ0) is 17.6. The fourth-order valence-electron chi connectivity index (χ4n) is 2.35. The average molecular weight is 320 g/mol. The highest BCUT2D eigenvalue weighted by Gasteiger charge is 2.21. The SMILES string of the molecule is CC(=O)Nc1ccc(C(=O)OCC(=O)N(C(C)C)C(C)C)cc1. The van der Waals surface area contributed by atoms with Gasteiger partial charge in [-0.25, -0.2) is 4.79 Å². The van der Waals surface area contributed by atoms with Crippen LogP contribution in [0.3, 0.4) is 0 Å². The van der Waals surface area contributed by atoms with Gasteiger partial charge in [0.2, 0.25) is 5.91 Å². The Labute approximate surface area is 136 Å². The third kappa shape index (κ3) is 5.73. The summed E-state index contributed by atoms with van der Waals surface area (Å²) in [5, 5.41) is 2.61. The lowest BCUT2D eigenvalue weighted by molar-refractivity contribution is -0.138. The lowest BCUT2D eigenvalue weighted by atomic mass is 10.2. The normalized spacial score (nSPS) is 10.6. The second-order valence-electron chi connectivity index (χ2n) is 5.82. The van der Waals surface area contributed by atoms with Crippen molar-refractivity contribution in [3.8, 4) is 0 Å². The summed E-state index contributed by atoms with van der Waals surface area (Å²) in [6.07, 6.45) is 0. The molecule has 0 fully saturated rings. The minimum atomic E-state index is -0.569. The number of hydrogen-bond acceptors (Lipinski definition) is 4. The summed E-state index contributed by atoms with van der Waals surface area (Å²) in [6, 6.07) is 6.38. The van der Waals surface area contributed by atoms with E-state index in [9.17, 15) is 14.4 Å². The van der Waals surface area contributed by atoms with Gasteiger partial charge in [-0.3, -0.25) is 9.59 Å². The predicted molar refractivity (Wildman–Crippen MR) is 88.1 cm³/mol. The van der Waals surface area contributed by atoms with Crippen LogP contribution in [0.5, 0.6) is 0 Å². The molecule has 0 aliphatic carbocycles. The first-order valence-corrected chi connectivity index (χ1v) is 7.58. The summed E-state index contributed by atoms with van der Waals surface area (Å²) in [7, 11) is 0. The summed E-state index contributed by atoms with van der Waals surface area (Å²) in [5.74, 6) is -0.980. The molecule has 0 aliphatic rings. The van der Waals surface area contributed by atoms with Gasteiger partial charge < -0.3 is 15.0 Å². The largest absolute Gasteiger partial charge is 0.452 e. The number of nitrogens with zero attached hydrogens (tertiary/aromatic N) is 1. The number of carbonyl (C=O) groups excluding carboxylic acids is 3. The van der Waals surface area contributed by atoms with E-state index in [4.69, 9.17) is 4.74 Å². The van der Waals surface area contributed by atoms with Gasteiger partial charge in [-0.15, -0.1) is 0 Å². The summed E-state index contributed by atoms with van der Waals surface area (Å²) >= 11 is 0. The van der Waals surface area contributed by atoms with Gasteiger partial charge >= 0.3 is 5.97 Å². The minimum Gasteiger partial charge on any atom is -0.452 e. The smallest absolute Gasteiger partial charge is 0.338 e. The first-order chi connectivity index (χ1) is 10.7. The molecule has 0 bridgehead atoms. The third-order valence-electron chi connectivity index (χ3n) is 3.17. The second kappa shape index (κ2) is 8.31. The van der Waals surface area contributed by atoms with E-state index in [2.05, 4.69) is 5.32 Å². The van der Waals surface area contributed by atoms with E-state index in [0.717, 1.165) is 0 Å². The van der Waals surface area contributed by atoms with Crippen LogP contribution in [0.15, 0.2) is 24.3 Å². The molecule has 0 spiro atoms. The number of esters is 1. The molecule has 0 atom stereocenters. The topological polar surface area (TPSA) is 75.7 Å². The number of benzene rings is 1. The Kier molecular flexibility index (Phi) is 6.75. The van der Waals surface area contributed by atoms with Crippen molar-refractivity contribution < 1.29 is 19.1 Å². The number of nitrogens with one attached hydrogen (secondary N) is 1. The van der Waals surface area contributed by atoms with Gasteiger partial charge in [0.1, 0.15) is 0 Å². The predicted octanol–water partition coefficient (Wildman–Crippen LogP) is 2.45. The molecule has 0 heterocycles. The van der Waals surface area contributed by atoms with Gasteiger partial charge in [-0.1, -0.05) is 0 Å². The van der Waals surface area contributed by atoms with Gasteiger partial charge in [0.25, 0.3) is 5.91 Å². The maximum atomic E-state index is 12.1. The summed E-state index contributed by atoms with van der Waals surface area (Å²) in [4.78, 5) is 36.7. The van der Waals surface area contributed by atoms with Crippen molar-refractivity contribution >= 4 is 23.5 Å². The quantitative estimate of drug-likeness (QED) is 0.817. The highest BCUT2D eigenvalue weighted by Crippen LogP contribution is 2.11. The molecule has 0 aromatic heterocycles. The Balaban J connectivity index is 2.62. The van der Waals surface area contributed by atoms with E-state index < -0.39 is 5.97 Å². The lowest BCUT2D eigenvalue weighted by Gasteiger charge is -2.30. The van der Waals surface area contributed by atoms with Crippen molar-refractivity contribution in [3.63, 3.8) is 0 Å². The monoisotopic (exact) mass is 320 g/mol. The molecule has 0 saturated heterocycles. The van der Waals surface area contributed by atoms with E-state index in [0.29, 0.717) is 11.3 Å². The first kappa shape index (κ1) is 18.7. The highest BCUT2D eigenvalue weighted by atomic mass is 16.5. The standard InChI is InChI=1S/C17H24N2O4/c1-11(2)19(12(3)4)16(21)10-23-17(22)14-6-8-15(9-7-14)18-13(5)20/h6-9,11-12H,10H2,1-5H3,(H,18,20). The van der Waals surface area contributed by atoms with Crippen molar-refractivity contribution in [2.45, 2.75) is 46.7 Å². The summed E-state index contributed by atoms with van der Waals surface area (Å²) in [5.41, 5.74) is 0.920. The summed E-state index contributed by atoms with van der Waals surface area (Å²) < 4.78 is 5.07. The molecular weight excluding hydrogens is 296 g/mol. The van der Waals surface area contributed by atoms with Crippen LogP contribution in [0, 0.1) is 0 Å². The van der Waals surface area contributed by atoms with Gasteiger partial charge in [0.05, 0.1) is 5.56 Å². The van der Waals surface area contributed by atoms with Crippen LogP contribution >= 0.6 is 0 Å². The number of amides is 2. The minimum absolute atomic E-state index is 0.0399. The van der Waals surface area contributed by atoms with E-state index in [1.807, 2.05) is 27.7 Å². The van der Waals surface area contributed by atoms with Crippen molar-refractivity contribution in [2.75, 3.05) is 11.9 Å². The van der Waals surface area contributed by atoms with Crippen LogP contribution in [0.2, 0.25) is 0 Å². The molecule has 1 rings (SSSR count). The number of carbonyl (C=O) groups is 3. The van der Waals surface area contributed by atoms with Crippen molar-refractivity contribution in [2.24, 2.45) is 0 Å². The maximum Gasteiger partial charge on any atom is 0.338 e. The number of anilines is 1. The van der Waals surface area contributed by atoms with Crippen LogP contribution in [0.25, 0.3) is 0 Å². The van der Waals surface area contributed by atoms with Gasteiger partial charge in [-0.05, 0) is 52.0 Å². The van der Waals surface area contributed by atoms with Gasteiger partial charge in [-0.2, -0.15) is 0 Å². The van der Waals surface area contributed by atoms with Crippen molar-refractivity contribution in [3.05, 3.63) is 29.8 Å². The van der Waals surface area contributed by atoms with E-state index in [-0.39, 0.29) is 30.5 Å². The number of hydrogen-bond donors (Lipinski definition) is 1. The lowest BCUT2D eigenvalue weighted by Crippen LogP contribution is -2.44. The van der Waals surface area contributed by atoms with Crippen LogP contribution in [0.1, 0.15) is 45.0 Å². The molecule has 0 unspecified atom stereocenters. The Hall–Kier alpha value is -2.37. The molecule has 6 nitrogen and oxygen atoms in total. The molecule has 0 radical (unpaired) electrons. The fourth-order valence-corrected chi connectivity index (χ4v) is 2.35. The second-order valence-corrected chi connectivity index (χ2v) is 5.82. The van der Waals surface area contributed by atoms with Crippen LogP contribution < -0.4 is 5.32 Å². The fraction of sp³-hybridized carbons (Fsp3) is 0.471. The average Bonchev–Trinajstić information content (AvgIpc) is 2.44. The molecule has 6 heteroatoms. The number of rotatable bonds is 6. The summed E-state index contributed by atoms with van der Waals surface area (Å²) in [6.45, 7) is 8.79. The van der Waals surface area contributed by atoms with Gasteiger partial charge in [0, 0.05) is 24.7 Å². The van der Waals surface area contributed by atoms with Crippen LogP contribution in [-0.2, 0) is 14.3 Å². The molecule has 1 aromatic carbocycles. The molecule has 23 heavy (non-hydrogen) atoms. The highest BCUT2D eigenvalue weighted by molar-refractivity contribution is 5.93. The van der Waals surface area contributed by atoms with E-state index in [1.54, 1.807) is 29.2 Å². The Morgan fingerprint density at radius 2 is 1.57 bits per heavy atom. The Morgan fingerprint density at radius 1 is 1.04 bits per heavy atom. The molecule has 126 valence electrons. The van der Waals surface area contributed by atoms with E-state index in [1.165, 1.54) is 6.92 Å². The zero-order valence-corrected chi connectivity index (χ0v) is 14.3. The molecule has 0 saturated carbocycles.